The first kappa shape index (κ1) is 13.5. The van der Waals surface area contributed by atoms with Crippen molar-refractivity contribution in [2.75, 3.05) is 0 Å². The zero-order valence-corrected chi connectivity index (χ0v) is 12.3. The minimum atomic E-state index is -0.350. The number of carbonyl (C=O) groups excluding carboxylic acids is 1. The number of benzene rings is 3. The van der Waals surface area contributed by atoms with Gasteiger partial charge >= 0.3 is 5.91 Å². The van der Waals surface area contributed by atoms with Crippen LogP contribution in [0, 0.1) is 0 Å². The SMILES string of the molecule is O=C1N=C(c2cccc3ccccc23)O/C1=C\c1ccccc1. The van der Waals surface area contributed by atoms with Crippen molar-refractivity contribution in [3.05, 3.63) is 89.7 Å². The number of ether oxygens (including phenoxy) is 1. The Bertz CT molecular complexity index is 950. The molecule has 0 aromatic heterocycles. The van der Waals surface area contributed by atoms with E-state index in [-0.39, 0.29) is 11.7 Å². The third-order valence-corrected chi connectivity index (χ3v) is 3.74. The Balaban J connectivity index is 1.73. The first-order valence-corrected chi connectivity index (χ1v) is 7.37. The second-order valence-electron chi connectivity index (χ2n) is 5.27. The van der Waals surface area contributed by atoms with E-state index in [0.717, 1.165) is 21.9 Å². The Kier molecular flexibility index (Phi) is 3.24. The molecule has 1 aliphatic rings. The highest BCUT2D eigenvalue weighted by Crippen LogP contribution is 2.24. The molecule has 3 heteroatoms. The molecule has 110 valence electrons. The summed E-state index contributed by atoms with van der Waals surface area (Å²) in [7, 11) is 0. The number of carbonyl (C=O) groups is 1. The van der Waals surface area contributed by atoms with Crippen molar-refractivity contribution in [1.82, 2.24) is 0 Å². The van der Waals surface area contributed by atoms with Crippen molar-refractivity contribution >= 4 is 28.7 Å². The zero-order valence-electron chi connectivity index (χ0n) is 12.3. The van der Waals surface area contributed by atoms with Gasteiger partial charge in [0.15, 0.2) is 5.76 Å². The van der Waals surface area contributed by atoms with Gasteiger partial charge in [-0.25, -0.2) is 0 Å². The number of nitrogens with zero attached hydrogens (tertiary/aromatic N) is 1. The summed E-state index contributed by atoms with van der Waals surface area (Å²) in [5.74, 6) is 0.255. The summed E-state index contributed by atoms with van der Waals surface area (Å²) in [5.41, 5.74) is 1.73. The van der Waals surface area contributed by atoms with Crippen LogP contribution in [0.25, 0.3) is 16.8 Å². The van der Waals surface area contributed by atoms with Crippen molar-refractivity contribution in [2.45, 2.75) is 0 Å². The van der Waals surface area contributed by atoms with Gasteiger partial charge in [0.2, 0.25) is 5.90 Å². The van der Waals surface area contributed by atoms with E-state index in [1.165, 1.54) is 0 Å². The van der Waals surface area contributed by atoms with Crippen molar-refractivity contribution in [3.63, 3.8) is 0 Å². The topological polar surface area (TPSA) is 38.7 Å². The Morgan fingerprint density at radius 2 is 1.57 bits per heavy atom. The van der Waals surface area contributed by atoms with E-state index in [9.17, 15) is 4.79 Å². The molecular formula is C20H13NO2. The molecule has 0 bridgehead atoms. The van der Waals surface area contributed by atoms with E-state index in [1.54, 1.807) is 6.08 Å². The van der Waals surface area contributed by atoms with E-state index in [1.807, 2.05) is 72.8 Å². The average Bonchev–Trinajstić information content (AvgIpc) is 2.96. The molecule has 0 unspecified atom stereocenters. The lowest BCUT2D eigenvalue weighted by Crippen LogP contribution is -2.01. The Morgan fingerprint density at radius 3 is 2.43 bits per heavy atom. The Morgan fingerprint density at radius 1 is 0.826 bits per heavy atom. The number of fused-ring (bicyclic) bond motifs is 1. The summed E-state index contributed by atoms with van der Waals surface area (Å²) >= 11 is 0. The van der Waals surface area contributed by atoms with Crippen molar-refractivity contribution in [1.29, 1.82) is 0 Å². The number of rotatable bonds is 2. The molecule has 3 aromatic carbocycles. The fourth-order valence-electron chi connectivity index (χ4n) is 2.64. The summed E-state index contributed by atoms with van der Waals surface area (Å²) in [6.45, 7) is 0. The van der Waals surface area contributed by atoms with Gasteiger partial charge in [0.05, 0.1) is 0 Å². The molecule has 0 spiro atoms. The summed E-state index contributed by atoms with van der Waals surface area (Å²) in [4.78, 5) is 16.2. The Hall–Kier alpha value is -3.20. The highest BCUT2D eigenvalue weighted by atomic mass is 16.5. The summed E-state index contributed by atoms with van der Waals surface area (Å²) in [5, 5.41) is 2.10. The monoisotopic (exact) mass is 299 g/mol. The summed E-state index contributed by atoms with van der Waals surface area (Å²) in [6, 6.07) is 23.4. The molecule has 0 N–H and O–H groups in total. The molecule has 3 nitrogen and oxygen atoms in total. The molecule has 0 fully saturated rings. The standard InChI is InChI=1S/C20H13NO2/c22-19-18(13-14-7-2-1-3-8-14)23-20(21-19)17-12-6-10-15-9-4-5-11-16(15)17/h1-13H/b18-13-. The van der Waals surface area contributed by atoms with Crippen molar-refractivity contribution in [2.24, 2.45) is 4.99 Å². The minimum Gasteiger partial charge on any atom is -0.432 e. The van der Waals surface area contributed by atoms with Crippen molar-refractivity contribution in [3.8, 4) is 0 Å². The maximum atomic E-state index is 12.1. The molecule has 23 heavy (non-hydrogen) atoms. The van der Waals surface area contributed by atoms with Crippen LogP contribution in [0.2, 0.25) is 0 Å². The Labute approximate surface area is 133 Å². The molecule has 0 saturated carbocycles. The van der Waals surface area contributed by atoms with E-state index in [0.29, 0.717) is 5.90 Å². The molecule has 1 heterocycles. The average molecular weight is 299 g/mol. The van der Waals surface area contributed by atoms with E-state index >= 15 is 0 Å². The molecule has 0 aliphatic carbocycles. The van der Waals surface area contributed by atoms with Gasteiger partial charge in [0, 0.05) is 5.56 Å². The molecule has 1 amide bonds. The van der Waals surface area contributed by atoms with Crippen LogP contribution in [0.3, 0.4) is 0 Å². The van der Waals surface area contributed by atoms with Crippen LogP contribution >= 0.6 is 0 Å². The van der Waals surface area contributed by atoms with E-state index < -0.39 is 0 Å². The number of hydrogen-bond acceptors (Lipinski definition) is 2. The predicted molar refractivity (Wildman–Crippen MR) is 91.0 cm³/mol. The van der Waals surface area contributed by atoms with Crippen LogP contribution in [0.1, 0.15) is 11.1 Å². The molecule has 0 radical (unpaired) electrons. The highest BCUT2D eigenvalue weighted by molar-refractivity contribution is 6.18. The molecule has 0 atom stereocenters. The third kappa shape index (κ3) is 2.53. The van der Waals surface area contributed by atoms with Gasteiger partial charge in [0.1, 0.15) is 0 Å². The summed E-state index contributed by atoms with van der Waals surface area (Å²) in [6.07, 6.45) is 1.71. The molecule has 0 saturated heterocycles. The maximum Gasteiger partial charge on any atom is 0.316 e. The first-order chi connectivity index (χ1) is 11.3. The fraction of sp³-hybridized carbons (Fsp3) is 0. The normalized spacial score (nSPS) is 15.7. The minimum absolute atomic E-state index is 0.249. The quantitative estimate of drug-likeness (QED) is 0.666. The predicted octanol–water partition coefficient (Wildman–Crippen LogP) is 4.18. The lowest BCUT2D eigenvalue weighted by Gasteiger charge is -2.06. The number of aliphatic imine (C=N–C) groups is 1. The second kappa shape index (κ2) is 5.54. The van der Waals surface area contributed by atoms with E-state index in [2.05, 4.69) is 4.99 Å². The van der Waals surface area contributed by atoms with Crippen LogP contribution in [0.15, 0.2) is 83.5 Å². The summed E-state index contributed by atoms with van der Waals surface area (Å²) < 4.78 is 5.73. The van der Waals surface area contributed by atoms with Gasteiger partial charge in [-0.2, -0.15) is 4.99 Å². The molecular weight excluding hydrogens is 286 g/mol. The van der Waals surface area contributed by atoms with Crippen LogP contribution in [0.5, 0.6) is 0 Å². The van der Waals surface area contributed by atoms with Gasteiger partial charge in [-0.1, -0.05) is 66.7 Å². The van der Waals surface area contributed by atoms with Crippen LogP contribution in [-0.4, -0.2) is 11.8 Å². The largest absolute Gasteiger partial charge is 0.432 e. The first-order valence-electron chi connectivity index (χ1n) is 7.37. The van der Waals surface area contributed by atoms with E-state index in [4.69, 9.17) is 4.74 Å². The lowest BCUT2D eigenvalue weighted by molar-refractivity contribution is -0.115. The molecule has 4 rings (SSSR count). The lowest BCUT2D eigenvalue weighted by atomic mass is 10.0. The van der Waals surface area contributed by atoms with Gasteiger partial charge in [-0.15, -0.1) is 0 Å². The van der Waals surface area contributed by atoms with Crippen molar-refractivity contribution < 1.29 is 9.53 Å². The van der Waals surface area contributed by atoms with Gasteiger partial charge < -0.3 is 4.74 Å². The molecule has 1 aliphatic heterocycles. The van der Waals surface area contributed by atoms with Crippen LogP contribution < -0.4 is 0 Å². The van der Waals surface area contributed by atoms with Crippen LogP contribution in [0.4, 0.5) is 0 Å². The van der Waals surface area contributed by atoms with Gasteiger partial charge in [-0.3, -0.25) is 4.79 Å². The third-order valence-electron chi connectivity index (χ3n) is 3.74. The van der Waals surface area contributed by atoms with Gasteiger partial charge in [0.25, 0.3) is 0 Å². The number of amides is 1. The fourth-order valence-corrected chi connectivity index (χ4v) is 2.64. The maximum absolute atomic E-state index is 12.1. The van der Waals surface area contributed by atoms with Gasteiger partial charge in [-0.05, 0) is 28.5 Å². The second-order valence-corrected chi connectivity index (χ2v) is 5.27. The molecule has 3 aromatic rings. The van der Waals surface area contributed by atoms with Crippen LogP contribution in [-0.2, 0) is 9.53 Å². The highest BCUT2D eigenvalue weighted by Gasteiger charge is 2.24. The number of hydrogen-bond donors (Lipinski definition) is 0. The smallest absolute Gasteiger partial charge is 0.316 e. The zero-order chi connectivity index (χ0) is 15.6.